The third-order valence-electron chi connectivity index (χ3n) is 2.05. The minimum absolute atomic E-state index is 0.805. The van der Waals surface area contributed by atoms with Crippen LogP contribution in [0.1, 0.15) is 11.4 Å². The molecule has 0 aliphatic heterocycles. The lowest BCUT2D eigenvalue weighted by atomic mass is 10.4. The number of nitrogens with one attached hydrogen (secondary N) is 2. The molecule has 0 spiro atoms. The maximum Gasteiger partial charge on any atom is 0.0762 e. The van der Waals surface area contributed by atoms with Crippen LogP contribution < -0.4 is 5.32 Å². The Morgan fingerprint density at radius 2 is 2.36 bits per heavy atom. The first-order valence-electron chi connectivity index (χ1n) is 4.66. The van der Waals surface area contributed by atoms with E-state index in [1.165, 1.54) is 5.69 Å². The smallest absolute Gasteiger partial charge is 0.0762 e. The first kappa shape index (κ1) is 9.02. The Bertz CT molecular complexity index is 374. The van der Waals surface area contributed by atoms with Gasteiger partial charge in [0.15, 0.2) is 0 Å². The molecular formula is C10H14N4. The Labute approximate surface area is 82.9 Å². The van der Waals surface area contributed by atoms with Crippen molar-refractivity contribution < 1.29 is 0 Å². The van der Waals surface area contributed by atoms with Crippen LogP contribution in [0.2, 0.25) is 0 Å². The lowest BCUT2D eigenvalue weighted by Gasteiger charge is -1.99. The van der Waals surface area contributed by atoms with E-state index in [-0.39, 0.29) is 0 Å². The minimum Gasteiger partial charge on any atom is -0.364 e. The summed E-state index contributed by atoms with van der Waals surface area (Å²) in [5, 5.41) is 7.58. The Balaban J connectivity index is 1.78. The third kappa shape index (κ3) is 2.23. The van der Waals surface area contributed by atoms with Gasteiger partial charge in [-0.25, -0.2) is 0 Å². The average molecular weight is 190 g/mol. The van der Waals surface area contributed by atoms with E-state index >= 15 is 0 Å². The molecule has 0 radical (unpaired) electrons. The van der Waals surface area contributed by atoms with Crippen LogP contribution in [0.4, 0.5) is 0 Å². The number of rotatable bonds is 4. The molecule has 0 amide bonds. The summed E-state index contributed by atoms with van der Waals surface area (Å²) < 4.78 is 1.81. The van der Waals surface area contributed by atoms with E-state index in [4.69, 9.17) is 0 Å². The van der Waals surface area contributed by atoms with Crippen molar-refractivity contribution in [2.45, 2.75) is 13.1 Å². The summed E-state index contributed by atoms with van der Waals surface area (Å²) in [5.74, 6) is 0. The van der Waals surface area contributed by atoms with Crippen LogP contribution in [0.25, 0.3) is 0 Å². The van der Waals surface area contributed by atoms with Crippen molar-refractivity contribution in [1.82, 2.24) is 20.1 Å². The van der Waals surface area contributed by atoms with Gasteiger partial charge in [0.2, 0.25) is 0 Å². The molecule has 2 aromatic rings. The summed E-state index contributed by atoms with van der Waals surface area (Å²) in [4.78, 5) is 3.14. The monoisotopic (exact) mass is 190 g/mol. The normalized spacial score (nSPS) is 10.6. The maximum absolute atomic E-state index is 4.27. The van der Waals surface area contributed by atoms with Gasteiger partial charge >= 0.3 is 0 Å². The third-order valence-corrected chi connectivity index (χ3v) is 2.05. The summed E-state index contributed by atoms with van der Waals surface area (Å²) in [6.07, 6.45) is 3.88. The molecule has 2 heterocycles. The highest BCUT2D eigenvalue weighted by atomic mass is 15.3. The minimum atomic E-state index is 0.805. The average Bonchev–Trinajstić information content (AvgIpc) is 2.77. The topological polar surface area (TPSA) is 45.6 Å². The fourth-order valence-corrected chi connectivity index (χ4v) is 1.36. The predicted octanol–water partition coefficient (Wildman–Crippen LogP) is 1.04. The number of hydrogen-bond donors (Lipinski definition) is 2. The quantitative estimate of drug-likeness (QED) is 0.756. The molecule has 14 heavy (non-hydrogen) atoms. The number of aromatic nitrogens is 3. The fraction of sp³-hybridized carbons (Fsp3) is 0.300. The summed E-state index contributed by atoms with van der Waals surface area (Å²) in [5.41, 5.74) is 2.26. The first-order valence-corrected chi connectivity index (χ1v) is 4.66. The molecule has 2 N–H and O–H groups in total. The molecule has 4 heteroatoms. The Kier molecular flexibility index (Phi) is 2.65. The second-order valence-electron chi connectivity index (χ2n) is 3.28. The molecule has 0 saturated heterocycles. The molecule has 2 rings (SSSR count). The highest BCUT2D eigenvalue weighted by Crippen LogP contribution is 1.96. The fourth-order valence-electron chi connectivity index (χ4n) is 1.36. The SMILES string of the molecule is Cn1ccc(CNCc2ccc[nH]2)n1. The molecule has 2 aromatic heterocycles. The standard InChI is InChI=1S/C10H14N4/c1-14-6-4-10(13-14)8-11-7-9-3-2-5-12-9/h2-6,11-12H,7-8H2,1H3. The second-order valence-corrected chi connectivity index (χ2v) is 3.28. The Morgan fingerprint density at radius 3 is 3.00 bits per heavy atom. The van der Waals surface area contributed by atoms with E-state index < -0.39 is 0 Å². The van der Waals surface area contributed by atoms with E-state index in [1.807, 2.05) is 36.3 Å². The Hall–Kier alpha value is -1.55. The van der Waals surface area contributed by atoms with Crippen molar-refractivity contribution in [1.29, 1.82) is 0 Å². The molecule has 0 fully saturated rings. The zero-order valence-corrected chi connectivity index (χ0v) is 8.20. The van der Waals surface area contributed by atoms with Crippen molar-refractivity contribution in [3.63, 3.8) is 0 Å². The summed E-state index contributed by atoms with van der Waals surface area (Å²) in [6.45, 7) is 1.66. The molecule has 0 atom stereocenters. The van der Waals surface area contributed by atoms with Crippen molar-refractivity contribution in [3.05, 3.63) is 42.0 Å². The highest BCUT2D eigenvalue weighted by molar-refractivity contribution is 5.04. The van der Waals surface area contributed by atoms with Gasteiger partial charge in [0.05, 0.1) is 5.69 Å². The molecule has 4 nitrogen and oxygen atoms in total. The zero-order chi connectivity index (χ0) is 9.80. The van der Waals surface area contributed by atoms with Crippen molar-refractivity contribution >= 4 is 0 Å². The van der Waals surface area contributed by atoms with Crippen LogP contribution in [-0.4, -0.2) is 14.8 Å². The largest absolute Gasteiger partial charge is 0.364 e. The lowest BCUT2D eigenvalue weighted by molar-refractivity contribution is 0.649. The van der Waals surface area contributed by atoms with Crippen LogP contribution in [0.5, 0.6) is 0 Å². The zero-order valence-electron chi connectivity index (χ0n) is 8.20. The van der Waals surface area contributed by atoms with Gasteiger partial charge < -0.3 is 10.3 Å². The maximum atomic E-state index is 4.27. The van der Waals surface area contributed by atoms with Crippen LogP contribution in [-0.2, 0) is 20.1 Å². The first-order chi connectivity index (χ1) is 6.84. The summed E-state index contributed by atoms with van der Waals surface area (Å²) in [7, 11) is 1.93. The molecular weight excluding hydrogens is 176 g/mol. The van der Waals surface area contributed by atoms with E-state index in [1.54, 1.807) is 0 Å². The van der Waals surface area contributed by atoms with E-state index in [9.17, 15) is 0 Å². The Morgan fingerprint density at radius 1 is 1.43 bits per heavy atom. The molecule has 0 unspecified atom stereocenters. The molecule has 74 valence electrons. The van der Waals surface area contributed by atoms with E-state index in [0.717, 1.165) is 18.8 Å². The van der Waals surface area contributed by atoms with E-state index in [0.29, 0.717) is 0 Å². The number of aryl methyl sites for hydroxylation is 1. The number of H-pyrrole nitrogens is 1. The number of nitrogens with zero attached hydrogens (tertiary/aromatic N) is 2. The number of hydrogen-bond acceptors (Lipinski definition) is 2. The van der Waals surface area contributed by atoms with E-state index in [2.05, 4.69) is 21.5 Å². The van der Waals surface area contributed by atoms with Gasteiger partial charge in [0, 0.05) is 38.2 Å². The van der Waals surface area contributed by atoms with Crippen molar-refractivity contribution in [3.8, 4) is 0 Å². The van der Waals surface area contributed by atoms with Crippen LogP contribution in [0.3, 0.4) is 0 Å². The highest BCUT2D eigenvalue weighted by Gasteiger charge is 1.96. The van der Waals surface area contributed by atoms with Crippen molar-refractivity contribution in [2.75, 3.05) is 0 Å². The molecule has 0 aromatic carbocycles. The summed E-state index contributed by atoms with van der Waals surface area (Å²) in [6, 6.07) is 6.07. The van der Waals surface area contributed by atoms with Gasteiger partial charge in [-0.1, -0.05) is 0 Å². The second kappa shape index (κ2) is 4.11. The van der Waals surface area contributed by atoms with Gasteiger partial charge in [0.1, 0.15) is 0 Å². The van der Waals surface area contributed by atoms with Gasteiger partial charge in [0.25, 0.3) is 0 Å². The van der Waals surface area contributed by atoms with Gasteiger partial charge in [-0.2, -0.15) is 5.10 Å². The van der Waals surface area contributed by atoms with Gasteiger partial charge in [-0.05, 0) is 18.2 Å². The number of aromatic amines is 1. The van der Waals surface area contributed by atoms with Crippen LogP contribution in [0.15, 0.2) is 30.6 Å². The predicted molar refractivity (Wildman–Crippen MR) is 54.5 cm³/mol. The lowest BCUT2D eigenvalue weighted by Crippen LogP contribution is -2.13. The van der Waals surface area contributed by atoms with Crippen LogP contribution >= 0.6 is 0 Å². The summed E-state index contributed by atoms with van der Waals surface area (Å²) >= 11 is 0. The van der Waals surface area contributed by atoms with Gasteiger partial charge in [-0.3, -0.25) is 4.68 Å². The molecule has 0 bridgehead atoms. The molecule has 0 aliphatic rings. The molecule has 0 saturated carbocycles. The van der Waals surface area contributed by atoms with Gasteiger partial charge in [-0.15, -0.1) is 0 Å². The molecule has 0 aliphatic carbocycles. The van der Waals surface area contributed by atoms with Crippen molar-refractivity contribution in [2.24, 2.45) is 7.05 Å². The van der Waals surface area contributed by atoms with Crippen LogP contribution in [0, 0.1) is 0 Å².